The first-order valence-electron chi connectivity index (χ1n) is 8.90. The molecule has 8 nitrogen and oxygen atoms in total. The number of carbonyl (C=O) groups is 2. The molecule has 0 aliphatic carbocycles. The number of esters is 1. The molecule has 0 aliphatic rings. The highest BCUT2D eigenvalue weighted by Crippen LogP contribution is 2.37. The van der Waals surface area contributed by atoms with Crippen LogP contribution in [0.3, 0.4) is 0 Å². The van der Waals surface area contributed by atoms with E-state index in [9.17, 15) is 9.59 Å². The van der Waals surface area contributed by atoms with Gasteiger partial charge in [-0.05, 0) is 39.3 Å². The number of carbonyl (C=O) groups excluding carboxylic acids is 2. The van der Waals surface area contributed by atoms with Crippen molar-refractivity contribution in [1.82, 2.24) is 5.16 Å². The number of aryl methyl sites for hydroxylation is 1. The Morgan fingerprint density at radius 1 is 1.25 bits per heavy atom. The molecule has 1 aromatic carbocycles. The van der Waals surface area contributed by atoms with E-state index in [0.717, 1.165) is 6.42 Å². The predicted octanol–water partition coefficient (Wildman–Crippen LogP) is 4.01. The van der Waals surface area contributed by atoms with Crippen molar-refractivity contribution < 1.29 is 28.3 Å². The van der Waals surface area contributed by atoms with E-state index in [1.54, 1.807) is 19.9 Å². The summed E-state index contributed by atoms with van der Waals surface area (Å²) in [6.07, 6.45) is -0.265. The first-order valence-corrected chi connectivity index (χ1v) is 9.27. The predicted molar refractivity (Wildman–Crippen MR) is 103 cm³/mol. The molecule has 0 radical (unpaired) electrons. The minimum absolute atomic E-state index is 0.147. The molecule has 1 amide bonds. The van der Waals surface area contributed by atoms with Gasteiger partial charge in [-0.2, -0.15) is 0 Å². The van der Waals surface area contributed by atoms with Crippen LogP contribution in [-0.4, -0.2) is 36.4 Å². The average molecular weight is 411 g/mol. The highest BCUT2D eigenvalue weighted by molar-refractivity contribution is 6.32. The molecule has 1 N–H and O–H groups in total. The number of ether oxygens (including phenoxy) is 3. The van der Waals surface area contributed by atoms with Gasteiger partial charge in [0.1, 0.15) is 5.76 Å². The van der Waals surface area contributed by atoms with Gasteiger partial charge in [0.2, 0.25) is 0 Å². The van der Waals surface area contributed by atoms with E-state index >= 15 is 0 Å². The van der Waals surface area contributed by atoms with Crippen LogP contribution >= 0.6 is 11.6 Å². The van der Waals surface area contributed by atoms with Gasteiger partial charge in [0.25, 0.3) is 5.91 Å². The Labute approximate surface area is 168 Å². The third-order valence-corrected chi connectivity index (χ3v) is 3.81. The van der Waals surface area contributed by atoms with Crippen molar-refractivity contribution in [3.05, 3.63) is 34.5 Å². The summed E-state index contributed by atoms with van der Waals surface area (Å²) in [4.78, 5) is 24.6. The topological polar surface area (TPSA) is 99.9 Å². The van der Waals surface area contributed by atoms with Crippen LogP contribution in [0.25, 0.3) is 0 Å². The van der Waals surface area contributed by atoms with E-state index in [0.29, 0.717) is 30.5 Å². The van der Waals surface area contributed by atoms with E-state index in [1.165, 1.54) is 19.1 Å². The molecule has 0 saturated carbocycles. The maximum Gasteiger partial charge on any atom is 0.339 e. The van der Waals surface area contributed by atoms with E-state index in [-0.39, 0.29) is 16.4 Å². The normalized spacial score (nSPS) is 11.6. The lowest BCUT2D eigenvalue weighted by atomic mass is 10.2. The summed E-state index contributed by atoms with van der Waals surface area (Å²) in [6.45, 7) is 7.74. The monoisotopic (exact) mass is 410 g/mol. The Kier molecular flexibility index (Phi) is 7.69. The third kappa shape index (κ3) is 5.63. The van der Waals surface area contributed by atoms with Gasteiger partial charge in [-0.3, -0.25) is 4.79 Å². The molecule has 0 spiro atoms. The molecule has 1 heterocycles. The number of nitrogens with zero attached hydrogens (tertiary/aromatic N) is 1. The lowest BCUT2D eigenvalue weighted by Crippen LogP contribution is -2.30. The molecule has 28 heavy (non-hydrogen) atoms. The van der Waals surface area contributed by atoms with Crippen LogP contribution in [0.4, 0.5) is 5.82 Å². The summed E-state index contributed by atoms with van der Waals surface area (Å²) in [7, 11) is 0. The van der Waals surface area contributed by atoms with Gasteiger partial charge in [0.15, 0.2) is 23.4 Å². The number of benzene rings is 1. The van der Waals surface area contributed by atoms with Crippen molar-refractivity contribution in [2.24, 2.45) is 0 Å². The summed E-state index contributed by atoms with van der Waals surface area (Å²) in [5, 5.41) is 6.38. The van der Waals surface area contributed by atoms with E-state index < -0.39 is 18.0 Å². The third-order valence-electron chi connectivity index (χ3n) is 3.53. The van der Waals surface area contributed by atoms with E-state index in [4.69, 9.17) is 30.3 Å². The van der Waals surface area contributed by atoms with E-state index in [2.05, 4.69) is 10.5 Å². The lowest BCUT2D eigenvalue weighted by Gasteiger charge is -2.16. The van der Waals surface area contributed by atoms with Gasteiger partial charge in [-0.15, -0.1) is 0 Å². The molecule has 152 valence electrons. The molecular weight excluding hydrogens is 388 g/mol. The second kappa shape index (κ2) is 9.98. The number of anilines is 1. The molecule has 1 aromatic heterocycles. The zero-order chi connectivity index (χ0) is 20.7. The van der Waals surface area contributed by atoms with Crippen LogP contribution in [0.5, 0.6) is 11.5 Å². The number of rotatable bonds is 9. The van der Waals surface area contributed by atoms with Crippen molar-refractivity contribution in [3.63, 3.8) is 0 Å². The van der Waals surface area contributed by atoms with Gasteiger partial charge >= 0.3 is 5.97 Å². The Morgan fingerprint density at radius 2 is 2.00 bits per heavy atom. The number of hydrogen-bond acceptors (Lipinski definition) is 7. The zero-order valence-electron chi connectivity index (χ0n) is 16.2. The van der Waals surface area contributed by atoms with Crippen LogP contribution in [0, 0.1) is 6.92 Å². The maximum atomic E-state index is 12.5. The van der Waals surface area contributed by atoms with Crippen molar-refractivity contribution >= 4 is 29.3 Å². The van der Waals surface area contributed by atoms with Gasteiger partial charge in [-0.25, -0.2) is 4.79 Å². The lowest BCUT2D eigenvalue weighted by molar-refractivity contribution is -0.123. The molecule has 0 saturated heterocycles. The summed E-state index contributed by atoms with van der Waals surface area (Å²) in [5.41, 5.74) is 0.147. The van der Waals surface area contributed by atoms with E-state index in [1.807, 2.05) is 6.92 Å². The van der Waals surface area contributed by atoms with Crippen LogP contribution in [0.15, 0.2) is 22.7 Å². The molecular formula is C19H23ClN2O6. The minimum atomic E-state index is -1.06. The molecule has 0 fully saturated rings. The van der Waals surface area contributed by atoms with Gasteiger partial charge < -0.3 is 24.1 Å². The second-order valence-corrected chi connectivity index (χ2v) is 6.33. The summed E-state index contributed by atoms with van der Waals surface area (Å²) >= 11 is 6.25. The van der Waals surface area contributed by atoms with Gasteiger partial charge in [-0.1, -0.05) is 23.7 Å². The average Bonchev–Trinajstić information content (AvgIpc) is 3.05. The first-order chi connectivity index (χ1) is 13.3. The van der Waals surface area contributed by atoms with Gasteiger partial charge in [0, 0.05) is 6.07 Å². The highest BCUT2D eigenvalue weighted by atomic mass is 35.5. The number of hydrogen-bond donors (Lipinski definition) is 1. The number of aromatic nitrogens is 1. The molecule has 9 heteroatoms. The Morgan fingerprint density at radius 3 is 2.61 bits per heavy atom. The van der Waals surface area contributed by atoms with Crippen molar-refractivity contribution in [3.8, 4) is 11.5 Å². The van der Waals surface area contributed by atoms with Crippen molar-refractivity contribution in [1.29, 1.82) is 0 Å². The Hall–Kier alpha value is -2.74. The highest BCUT2D eigenvalue weighted by Gasteiger charge is 2.22. The van der Waals surface area contributed by atoms with Crippen molar-refractivity contribution in [2.75, 3.05) is 18.5 Å². The molecule has 1 atom stereocenters. The first kappa shape index (κ1) is 21.6. The smallest absolute Gasteiger partial charge is 0.339 e. The van der Waals surface area contributed by atoms with Crippen LogP contribution in [0.2, 0.25) is 5.02 Å². The quantitative estimate of drug-likeness (QED) is 0.623. The number of amides is 1. The number of nitrogens with one attached hydrogen (secondary N) is 1. The van der Waals surface area contributed by atoms with Crippen LogP contribution < -0.4 is 14.8 Å². The fraction of sp³-hybridized carbons (Fsp3) is 0.421. The molecule has 0 aliphatic heterocycles. The SMILES string of the molecule is CCCOc1c(Cl)cc(C(=O)OC(C)C(=O)Nc2cc(C)on2)cc1OCC. The molecule has 0 bridgehead atoms. The fourth-order valence-electron chi connectivity index (χ4n) is 2.23. The second-order valence-electron chi connectivity index (χ2n) is 5.93. The minimum Gasteiger partial charge on any atom is -0.490 e. The number of halogens is 1. The molecule has 2 aromatic rings. The summed E-state index contributed by atoms with van der Waals surface area (Å²) < 4.78 is 21.2. The van der Waals surface area contributed by atoms with Crippen molar-refractivity contribution in [2.45, 2.75) is 40.2 Å². The Bertz CT molecular complexity index is 836. The standard InChI is InChI=1S/C19H23ClN2O6/c1-5-7-26-17-14(20)9-13(10-15(17)25-6-2)19(24)27-12(4)18(23)21-16-8-11(3)28-22-16/h8-10,12H,5-7H2,1-4H3,(H,21,22,23). The molecule has 2 rings (SSSR count). The summed E-state index contributed by atoms with van der Waals surface area (Å²) in [6, 6.07) is 4.45. The molecule has 1 unspecified atom stereocenters. The van der Waals surface area contributed by atoms with Crippen LogP contribution in [-0.2, 0) is 9.53 Å². The maximum absolute atomic E-state index is 12.5. The zero-order valence-corrected chi connectivity index (χ0v) is 17.0. The Balaban J connectivity index is 2.10. The van der Waals surface area contributed by atoms with Gasteiger partial charge in [0.05, 0.1) is 23.8 Å². The summed E-state index contributed by atoms with van der Waals surface area (Å²) in [5.74, 6) is 0.233. The fourth-order valence-corrected chi connectivity index (χ4v) is 2.49. The van der Waals surface area contributed by atoms with Crippen LogP contribution in [0.1, 0.15) is 43.3 Å². The largest absolute Gasteiger partial charge is 0.490 e.